The molecule has 0 N–H and O–H groups in total. The molecule has 2 saturated carbocycles. The summed E-state index contributed by atoms with van der Waals surface area (Å²) in [6.45, 7) is 6.02. The van der Waals surface area contributed by atoms with Crippen molar-refractivity contribution in [2.45, 2.75) is 70.1 Å². The monoisotopic (exact) mass is 512 g/mol. The van der Waals surface area contributed by atoms with Crippen LogP contribution in [-0.2, 0) is 0 Å². The third-order valence-corrected chi connectivity index (χ3v) is 7.23. The smallest absolute Gasteiger partial charge is 0.145 e. The summed E-state index contributed by atoms with van der Waals surface area (Å²) < 4.78 is 30.7. The number of halogens is 4. The zero-order chi connectivity index (χ0) is 20.2. The zero-order valence-corrected chi connectivity index (χ0v) is 19.4. The predicted octanol–water partition coefficient (Wildman–Crippen LogP) is 7.58. The minimum Gasteiger partial charge on any atom is -0.245 e. The van der Waals surface area contributed by atoms with Gasteiger partial charge < -0.3 is 0 Å². The molecule has 0 aromatic carbocycles. The normalized spacial score (nSPS) is 22.6. The summed E-state index contributed by atoms with van der Waals surface area (Å²) >= 11 is 6.98. The zero-order valence-electron chi connectivity index (χ0n) is 16.3. The Bertz CT molecular complexity index is 889. The molecule has 2 heterocycles. The van der Waals surface area contributed by atoms with Gasteiger partial charge in [0.05, 0.1) is 5.69 Å². The van der Waals surface area contributed by atoms with Gasteiger partial charge in [0.2, 0.25) is 0 Å². The Labute approximate surface area is 181 Å². The second-order valence-corrected chi connectivity index (χ2v) is 10.1. The first kappa shape index (κ1) is 20.4. The van der Waals surface area contributed by atoms with Crippen molar-refractivity contribution in [3.05, 3.63) is 55.5 Å². The van der Waals surface area contributed by atoms with E-state index in [0.717, 1.165) is 41.5 Å². The van der Waals surface area contributed by atoms with E-state index < -0.39 is 0 Å². The molecule has 150 valence electrons. The van der Waals surface area contributed by atoms with Crippen molar-refractivity contribution in [1.82, 2.24) is 9.97 Å². The maximum absolute atomic E-state index is 14.7. The fraction of sp³-hybridized carbons (Fsp3) is 0.545. The topological polar surface area (TPSA) is 25.8 Å². The largest absolute Gasteiger partial charge is 0.245 e. The van der Waals surface area contributed by atoms with E-state index in [1.54, 1.807) is 12.1 Å². The second-order valence-electron chi connectivity index (χ2n) is 8.64. The number of rotatable bonds is 6. The predicted molar refractivity (Wildman–Crippen MR) is 114 cm³/mol. The average molecular weight is 514 g/mol. The van der Waals surface area contributed by atoms with Gasteiger partial charge in [0.25, 0.3) is 0 Å². The van der Waals surface area contributed by atoms with E-state index in [4.69, 9.17) is 0 Å². The van der Waals surface area contributed by atoms with E-state index in [1.807, 2.05) is 20.8 Å². The highest BCUT2D eigenvalue weighted by atomic mass is 79.9. The van der Waals surface area contributed by atoms with Crippen molar-refractivity contribution < 1.29 is 8.78 Å². The van der Waals surface area contributed by atoms with Crippen LogP contribution in [0, 0.1) is 17.6 Å². The first-order valence-electron chi connectivity index (χ1n) is 9.97. The van der Waals surface area contributed by atoms with E-state index in [0.29, 0.717) is 27.7 Å². The quantitative estimate of drug-likeness (QED) is 0.372. The van der Waals surface area contributed by atoms with Crippen molar-refractivity contribution in [3.63, 3.8) is 0 Å². The van der Waals surface area contributed by atoms with Crippen LogP contribution < -0.4 is 0 Å². The Hall–Kier alpha value is -0.880. The van der Waals surface area contributed by atoms with Gasteiger partial charge in [-0.1, -0.05) is 20.8 Å². The summed E-state index contributed by atoms with van der Waals surface area (Å²) in [4.78, 5) is 9.05. The van der Waals surface area contributed by atoms with Crippen molar-refractivity contribution in [2.24, 2.45) is 5.92 Å². The van der Waals surface area contributed by atoms with Crippen molar-refractivity contribution in [3.8, 4) is 0 Å². The lowest BCUT2D eigenvalue weighted by atomic mass is 9.96. The molecule has 0 radical (unpaired) electrons. The number of hydrogen-bond acceptors (Lipinski definition) is 2. The highest BCUT2D eigenvalue weighted by molar-refractivity contribution is 9.10. The Kier molecular flexibility index (Phi) is 5.64. The van der Waals surface area contributed by atoms with Gasteiger partial charge >= 0.3 is 0 Å². The highest BCUT2D eigenvalue weighted by Gasteiger charge is 2.43. The molecule has 2 aromatic rings. The summed E-state index contributed by atoms with van der Waals surface area (Å²) in [6, 6.07) is 3.20. The van der Waals surface area contributed by atoms with E-state index in [-0.39, 0.29) is 29.4 Å². The second kappa shape index (κ2) is 7.75. The summed E-state index contributed by atoms with van der Waals surface area (Å²) in [5, 5.41) is 0. The molecule has 0 bridgehead atoms. The minimum absolute atomic E-state index is 0.00992. The van der Waals surface area contributed by atoms with Crippen LogP contribution >= 0.6 is 31.9 Å². The fourth-order valence-corrected chi connectivity index (χ4v) is 5.40. The molecular formula is C22H24Br2F2N2. The van der Waals surface area contributed by atoms with Crippen LogP contribution in [0.25, 0.3) is 0 Å². The molecule has 0 spiro atoms. The van der Waals surface area contributed by atoms with Crippen LogP contribution in [0.4, 0.5) is 8.78 Å². The summed E-state index contributed by atoms with van der Waals surface area (Å²) in [5.74, 6) is 0.690. The van der Waals surface area contributed by atoms with Gasteiger partial charge in [0.1, 0.15) is 20.8 Å². The van der Waals surface area contributed by atoms with Gasteiger partial charge in [-0.05, 0) is 98.9 Å². The third-order valence-electron chi connectivity index (χ3n) is 5.99. The van der Waals surface area contributed by atoms with Gasteiger partial charge in [-0.25, -0.2) is 18.7 Å². The van der Waals surface area contributed by atoms with Crippen LogP contribution in [0.1, 0.15) is 92.6 Å². The maximum atomic E-state index is 14.7. The van der Waals surface area contributed by atoms with E-state index in [9.17, 15) is 8.78 Å². The van der Waals surface area contributed by atoms with Crippen molar-refractivity contribution >= 4 is 31.9 Å². The number of pyridine rings is 2. The molecule has 2 aromatic heterocycles. The van der Waals surface area contributed by atoms with E-state index >= 15 is 0 Å². The Morgan fingerprint density at radius 1 is 1.04 bits per heavy atom. The average Bonchev–Trinajstić information content (AvgIpc) is 3.52. The van der Waals surface area contributed by atoms with Gasteiger partial charge in [-0.2, -0.15) is 0 Å². The minimum atomic E-state index is -0.217. The molecule has 2 aliphatic rings. The molecule has 6 heteroatoms. The first-order chi connectivity index (χ1) is 13.3. The lowest BCUT2D eigenvalue weighted by Gasteiger charge is -2.15. The van der Waals surface area contributed by atoms with Crippen molar-refractivity contribution in [2.75, 3.05) is 0 Å². The van der Waals surface area contributed by atoms with Gasteiger partial charge in [0.15, 0.2) is 0 Å². The van der Waals surface area contributed by atoms with Crippen LogP contribution in [0.5, 0.6) is 0 Å². The molecule has 0 saturated heterocycles. The van der Waals surface area contributed by atoms with Crippen molar-refractivity contribution in [1.29, 1.82) is 0 Å². The van der Waals surface area contributed by atoms with E-state index in [1.165, 1.54) is 0 Å². The summed E-state index contributed by atoms with van der Waals surface area (Å²) in [6.07, 6.45) is 3.93. The Morgan fingerprint density at radius 2 is 1.75 bits per heavy atom. The van der Waals surface area contributed by atoms with Crippen LogP contribution in [0.15, 0.2) is 21.3 Å². The fourth-order valence-electron chi connectivity index (χ4n) is 4.09. The van der Waals surface area contributed by atoms with Gasteiger partial charge in [-0.3, -0.25) is 0 Å². The molecule has 3 unspecified atom stereocenters. The first-order valence-corrected chi connectivity index (χ1v) is 11.6. The molecule has 0 aliphatic heterocycles. The van der Waals surface area contributed by atoms with E-state index in [2.05, 4.69) is 41.8 Å². The van der Waals surface area contributed by atoms with Gasteiger partial charge in [-0.15, -0.1) is 0 Å². The Balaban J connectivity index is 1.48. The molecule has 2 aliphatic carbocycles. The highest BCUT2D eigenvalue weighted by Crippen LogP contribution is 2.54. The molecule has 28 heavy (non-hydrogen) atoms. The number of aromatic nitrogens is 2. The number of hydrogen-bond donors (Lipinski definition) is 0. The summed E-state index contributed by atoms with van der Waals surface area (Å²) in [7, 11) is 0. The standard InChI is InChI=1S/C22H24Br2F2N2/c1-10(2)18-9-16(25)19(22(24)27-18)14-7-13(14)6-11(3)20-17(26)8-15(12-4-5-12)21(23)28-20/h8-14H,4-7H2,1-3H3. The number of nitrogens with zero attached hydrogens (tertiary/aromatic N) is 2. The molecule has 4 rings (SSSR count). The molecule has 2 fully saturated rings. The van der Waals surface area contributed by atoms with Crippen LogP contribution in [-0.4, -0.2) is 9.97 Å². The molecular weight excluding hydrogens is 490 g/mol. The van der Waals surface area contributed by atoms with Crippen LogP contribution in [0.3, 0.4) is 0 Å². The molecule has 2 nitrogen and oxygen atoms in total. The molecule has 0 amide bonds. The lowest BCUT2D eigenvalue weighted by molar-refractivity contribution is 0.527. The van der Waals surface area contributed by atoms with Crippen LogP contribution in [0.2, 0.25) is 0 Å². The third kappa shape index (κ3) is 4.04. The maximum Gasteiger partial charge on any atom is 0.145 e. The Morgan fingerprint density at radius 3 is 2.36 bits per heavy atom. The molecule has 3 atom stereocenters. The SMILES string of the molecule is CC(C)c1cc(F)c(C2CC2CC(C)c2nc(Br)c(C3CC3)cc2F)c(Br)n1. The van der Waals surface area contributed by atoms with Gasteiger partial charge in [0, 0.05) is 17.2 Å². The summed E-state index contributed by atoms with van der Waals surface area (Å²) in [5.41, 5.74) is 2.92. The lowest BCUT2D eigenvalue weighted by Crippen LogP contribution is -2.06.